The Morgan fingerprint density at radius 1 is 0.714 bits per heavy atom. The van der Waals surface area contributed by atoms with E-state index in [2.05, 4.69) is 37.6 Å². The summed E-state index contributed by atoms with van der Waals surface area (Å²) in [5.41, 5.74) is 3.40. The van der Waals surface area contributed by atoms with Gasteiger partial charge in [-0.05, 0) is 34.2 Å². The molecule has 0 saturated carbocycles. The van der Waals surface area contributed by atoms with E-state index in [0.717, 1.165) is 18.1 Å². The third-order valence-corrected chi connectivity index (χ3v) is 3.24. The standard InChI is InChI=1S/C18H20F2O/c1-17(2,3)15-9-5-13(6-10-15)14-7-11-16(12-8-14)21-18(4,19)20/h5-12H,1-4H3. The Morgan fingerprint density at radius 3 is 1.52 bits per heavy atom. The van der Waals surface area contributed by atoms with Crippen LogP contribution < -0.4 is 4.74 Å². The van der Waals surface area contributed by atoms with Gasteiger partial charge in [-0.15, -0.1) is 0 Å². The van der Waals surface area contributed by atoms with E-state index in [1.54, 1.807) is 24.3 Å². The van der Waals surface area contributed by atoms with E-state index in [0.29, 0.717) is 0 Å². The van der Waals surface area contributed by atoms with E-state index in [1.165, 1.54) is 5.56 Å². The quantitative estimate of drug-likeness (QED) is 0.710. The summed E-state index contributed by atoms with van der Waals surface area (Å²) in [7, 11) is 0. The molecular weight excluding hydrogens is 270 g/mol. The van der Waals surface area contributed by atoms with Crippen LogP contribution >= 0.6 is 0 Å². The largest absolute Gasteiger partial charge is 0.433 e. The number of rotatable bonds is 3. The lowest BCUT2D eigenvalue weighted by atomic mass is 9.86. The van der Waals surface area contributed by atoms with Crippen LogP contribution in [-0.4, -0.2) is 6.11 Å². The number of hydrogen-bond acceptors (Lipinski definition) is 1. The van der Waals surface area contributed by atoms with Gasteiger partial charge in [0.2, 0.25) is 0 Å². The maximum absolute atomic E-state index is 12.8. The van der Waals surface area contributed by atoms with Crippen molar-refractivity contribution in [1.29, 1.82) is 0 Å². The van der Waals surface area contributed by atoms with Crippen molar-refractivity contribution in [2.45, 2.75) is 39.2 Å². The van der Waals surface area contributed by atoms with Gasteiger partial charge in [0.15, 0.2) is 0 Å². The average Bonchev–Trinajstić information content (AvgIpc) is 2.37. The van der Waals surface area contributed by atoms with E-state index in [9.17, 15) is 8.78 Å². The molecule has 0 spiro atoms. The minimum absolute atomic E-state index is 0.114. The zero-order valence-electron chi connectivity index (χ0n) is 12.8. The Kier molecular flexibility index (Phi) is 4.04. The third kappa shape index (κ3) is 4.28. The van der Waals surface area contributed by atoms with Gasteiger partial charge in [-0.25, -0.2) is 0 Å². The highest BCUT2D eigenvalue weighted by Gasteiger charge is 2.22. The molecule has 0 atom stereocenters. The van der Waals surface area contributed by atoms with Crippen molar-refractivity contribution in [3.63, 3.8) is 0 Å². The second-order valence-corrected chi connectivity index (χ2v) is 6.26. The molecule has 0 saturated heterocycles. The van der Waals surface area contributed by atoms with Gasteiger partial charge < -0.3 is 4.74 Å². The Balaban J connectivity index is 2.19. The van der Waals surface area contributed by atoms with Crippen molar-refractivity contribution in [3.05, 3.63) is 54.1 Å². The van der Waals surface area contributed by atoms with Gasteiger partial charge in [0.25, 0.3) is 0 Å². The molecule has 0 aliphatic heterocycles. The number of halogens is 2. The van der Waals surface area contributed by atoms with Crippen molar-refractivity contribution in [1.82, 2.24) is 0 Å². The predicted molar refractivity (Wildman–Crippen MR) is 81.8 cm³/mol. The van der Waals surface area contributed by atoms with Crippen LogP contribution in [0, 0.1) is 0 Å². The Morgan fingerprint density at radius 2 is 1.14 bits per heavy atom. The lowest BCUT2D eigenvalue weighted by molar-refractivity contribution is -0.158. The summed E-state index contributed by atoms with van der Waals surface area (Å²) in [6.07, 6.45) is -3.16. The fourth-order valence-corrected chi connectivity index (χ4v) is 2.09. The molecule has 2 aromatic carbocycles. The zero-order valence-corrected chi connectivity index (χ0v) is 12.8. The first-order chi connectivity index (χ1) is 9.65. The van der Waals surface area contributed by atoms with E-state index in [4.69, 9.17) is 0 Å². The van der Waals surface area contributed by atoms with Crippen LogP contribution in [-0.2, 0) is 5.41 Å². The van der Waals surface area contributed by atoms with Gasteiger partial charge in [0, 0.05) is 6.92 Å². The molecule has 0 N–H and O–H groups in total. The fourth-order valence-electron chi connectivity index (χ4n) is 2.09. The van der Waals surface area contributed by atoms with Gasteiger partial charge in [0.1, 0.15) is 5.75 Å². The molecule has 0 bridgehead atoms. The summed E-state index contributed by atoms with van der Waals surface area (Å²) in [5, 5.41) is 0. The van der Waals surface area contributed by atoms with Crippen LogP contribution in [0.3, 0.4) is 0 Å². The van der Waals surface area contributed by atoms with Crippen molar-refractivity contribution in [2.24, 2.45) is 0 Å². The Hall–Kier alpha value is -1.90. The molecule has 21 heavy (non-hydrogen) atoms. The molecule has 0 aliphatic carbocycles. The summed E-state index contributed by atoms with van der Waals surface area (Å²) in [4.78, 5) is 0. The second-order valence-electron chi connectivity index (χ2n) is 6.26. The van der Waals surface area contributed by atoms with Crippen LogP contribution in [0.1, 0.15) is 33.3 Å². The van der Waals surface area contributed by atoms with Crippen molar-refractivity contribution >= 4 is 0 Å². The fraction of sp³-hybridized carbons (Fsp3) is 0.333. The van der Waals surface area contributed by atoms with Crippen LogP contribution in [0.15, 0.2) is 48.5 Å². The molecule has 1 nitrogen and oxygen atoms in total. The third-order valence-electron chi connectivity index (χ3n) is 3.24. The maximum atomic E-state index is 12.8. The highest BCUT2D eigenvalue weighted by Crippen LogP contribution is 2.28. The Bertz CT molecular complexity index is 587. The molecule has 0 aliphatic rings. The molecule has 2 aromatic rings. The first-order valence-corrected chi connectivity index (χ1v) is 6.93. The molecule has 0 heterocycles. The molecule has 0 radical (unpaired) electrons. The van der Waals surface area contributed by atoms with Crippen LogP contribution in [0.25, 0.3) is 11.1 Å². The number of benzene rings is 2. The summed E-state index contributed by atoms with van der Waals surface area (Å²) in [5.74, 6) is 0.164. The summed E-state index contributed by atoms with van der Waals surface area (Å²) < 4.78 is 30.1. The lowest BCUT2D eigenvalue weighted by Crippen LogP contribution is -2.18. The summed E-state index contributed by atoms with van der Waals surface area (Å²) in [6, 6.07) is 15.0. The normalized spacial score (nSPS) is 12.3. The van der Waals surface area contributed by atoms with Gasteiger partial charge >= 0.3 is 6.11 Å². The summed E-state index contributed by atoms with van der Waals surface area (Å²) >= 11 is 0. The maximum Gasteiger partial charge on any atom is 0.394 e. The predicted octanol–water partition coefficient (Wildman–Crippen LogP) is 5.64. The highest BCUT2D eigenvalue weighted by molar-refractivity contribution is 5.64. The molecule has 0 aromatic heterocycles. The van der Waals surface area contributed by atoms with Gasteiger partial charge in [-0.3, -0.25) is 0 Å². The van der Waals surface area contributed by atoms with Crippen LogP contribution in [0.4, 0.5) is 8.78 Å². The van der Waals surface area contributed by atoms with Crippen LogP contribution in [0.2, 0.25) is 0 Å². The monoisotopic (exact) mass is 290 g/mol. The first-order valence-electron chi connectivity index (χ1n) is 6.93. The van der Waals surface area contributed by atoms with Crippen molar-refractivity contribution in [3.8, 4) is 16.9 Å². The molecular formula is C18H20F2O. The molecule has 3 heteroatoms. The SMILES string of the molecule is CC(F)(F)Oc1ccc(-c2ccc(C(C)(C)C)cc2)cc1. The van der Waals surface area contributed by atoms with Crippen molar-refractivity contribution < 1.29 is 13.5 Å². The number of ether oxygens (including phenoxy) is 1. The van der Waals surface area contributed by atoms with Crippen molar-refractivity contribution in [2.75, 3.05) is 0 Å². The number of hydrogen-bond donors (Lipinski definition) is 0. The Labute approximate surface area is 124 Å². The second kappa shape index (κ2) is 5.47. The molecule has 0 fully saturated rings. The molecule has 0 unspecified atom stereocenters. The minimum atomic E-state index is -3.16. The molecule has 0 amide bonds. The molecule has 2 rings (SSSR count). The summed E-state index contributed by atoms with van der Waals surface area (Å²) in [6.45, 7) is 7.23. The zero-order chi connectivity index (χ0) is 15.7. The highest BCUT2D eigenvalue weighted by atomic mass is 19.3. The lowest BCUT2D eigenvalue weighted by Gasteiger charge is -2.19. The van der Waals surface area contributed by atoms with Crippen LogP contribution in [0.5, 0.6) is 5.75 Å². The van der Waals surface area contributed by atoms with E-state index in [-0.39, 0.29) is 11.2 Å². The first kappa shape index (κ1) is 15.5. The minimum Gasteiger partial charge on any atom is -0.433 e. The average molecular weight is 290 g/mol. The number of alkyl halides is 2. The van der Waals surface area contributed by atoms with E-state index < -0.39 is 6.11 Å². The van der Waals surface area contributed by atoms with Gasteiger partial charge in [-0.2, -0.15) is 8.78 Å². The molecule has 112 valence electrons. The van der Waals surface area contributed by atoms with Gasteiger partial charge in [0.05, 0.1) is 0 Å². The smallest absolute Gasteiger partial charge is 0.394 e. The van der Waals surface area contributed by atoms with Gasteiger partial charge in [-0.1, -0.05) is 57.2 Å². The van der Waals surface area contributed by atoms with E-state index >= 15 is 0 Å². The topological polar surface area (TPSA) is 9.23 Å². The van der Waals surface area contributed by atoms with E-state index in [1.807, 2.05) is 12.1 Å².